The average Bonchev–Trinajstić information content (AvgIpc) is 3.68. The average molecular weight is 455 g/mol. The number of H-pyrrole nitrogens is 1. The summed E-state index contributed by atoms with van der Waals surface area (Å²) in [4.78, 5) is 23.5. The van der Waals surface area contributed by atoms with Crippen LogP contribution >= 0.6 is 0 Å². The second-order valence-electron chi connectivity index (χ2n) is 9.75. The van der Waals surface area contributed by atoms with Gasteiger partial charge in [0.15, 0.2) is 0 Å². The lowest BCUT2D eigenvalue weighted by Gasteiger charge is -2.41. The van der Waals surface area contributed by atoms with E-state index in [0.717, 1.165) is 48.8 Å². The highest BCUT2D eigenvalue weighted by molar-refractivity contribution is 7.89. The quantitative estimate of drug-likeness (QED) is 0.640. The normalized spacial score (nSPS) is 26.8. The van der Waals surface area contributed by atoms with Crippen LogP contribution in [-0.4, -0.2) is 66.1 Å². The number of pyridine rings is 1. The Hall–Kier alpha value is -2.64. The first-order valence-corrected chi connectivity index (χ1v) is 12.9. The van der Waals surface area contributed by atoms with Crippen molar-refractivity contribution in [2.75, 3.05) is 28.6 Å². The molecule has 2 saturated heterocycles. The number of carbonyl (C=O) groups excluding carboxylic acids is 1. The molecule has 4 heterocycles. The van der Waals surface area contributed by atoms with Gasteiger partial charge in [-0.1, -0.05) is 0 Å². The molecule has 2 aromatic heterocycles. The number of anilines is 2. The van der Waals surface area contributed by atoms with Crippen molar-refractivity contribution in [3.05, 3.63) is 18.3 Å². The number of piperazine rings is 1. The molecule has 2 aromatic rings. The molecule has 1 amide bonds. The maximum Gasteiger partial charge on any atom is 0.216 e. The van der Waals surface area contributed by atoms with Gasteiger partial charge >= 0.3 is 0 Å². The number of fused-ring (bicyclic) bond motifs is 3. The number of nitrogens with one attached hydrogen (secondary N) is 1. The van der Waals surface area contributed by atoms with Crippen molar-refractivity contribution in [2.24, 2.45) is 5.41 Å². The number of aromatic amines is 1. The van der Waals surface area contributed by atoms with E-state index in [4.69, 9.17) is 0 Å². The Labute approximate surface area is 187 Å². The molecule has 2 unspecified atom stereocenters. The predicted molar refractivity (Wildman–Crippen MR) is 120 cm³/mol. The van der Waals surface area contributed by atoms with Crippen LogP contribution in [0.1, 0.15) is 38.5 Å². The van der Waals surface area contributed by atoms with Gasteiger partial charge in [-0.3, -0.25) is 9.69 Å². The number of nitrogens with zero attached hydrogens (tertiary/aromatic N) is 5. The molecule has 2 saturated carbocycles. The first kappa shape index (κ1) is 20.0. The highest BCUT2D eigenvalue weighted by Crippen LogP contribution is 2.48. The van der Waals surface area contributed by atoms with Crippen LogP contribution in [0, 0.1) is 16.7 Å². The molecular weight excluding hydrogens is 428 g/mol. The lowest BCUT2D eigenvalue weighted by atomic mass is 10.1. The molecule has 0 radical (unpaired) electrons. The Morgan fingerprint density at radius 2 is 1.97 bits per heavy atom. The van der Waals surface area contributed by atoms with E-state index in [1.54, 1.807) is 9.21 Å². The summed E-state index contributed by atoms with van der Waals surface area (Å²) in [5, 5.41) is 10.4. The van der Waals surface area contributed by atoms with Gasteiger partial charge in [0.2, 0.25) is 16.4 Å². The van der Waals surface area contributed by atoms with E-state index in [1.165, 1.54) is 0 Å². The van der Waals surface area contributed by atoms with Crippen LogP contribution in [0.3, 0.4) is 0 Å². The number of hydrogen-bond donors (Lipinski definition) is 1. The van der Waals surface area contributed by atoms with Crippen molar-refractivity contribution in [1.82, 2.24) is 14.3 Å². The van der Waals surface area contributed by atoms with Gasteiger partial charge in [0, 0.05) is 48.9 Å². The summed E-state index contributed by atoms with van der Waals surface area (Å²) in [6.07, 6.45) is 7.70. The van der Waals surface area contributed by atoms with Gasteiger partial charge < -0.3 is 9.88 Å². The Balaban J connectivity index is 1.31. The molecule has 4 aliphatic rings. The number of nitriles is 1. The Morgan fingerprint density at radius 3 is 2.56 bits per heavy atom. The molecule has 32 heavy (non-hydrogen) atoms. The van der Waals surface area contributed by atoms with E-state index in [0.29, 0.717) is 31.7 Å². The van der Waals surface area contributed by atoms with Crippen LogP contribution in [0.15, 0.2) is 18.3 Å². The van der Waals surface area contributed by atoms with E-state index < -0.39 is 15.4 Å². The van der Waals surface area contributed by atoms with Gasteiger partial charge in [-0.05, 0) is 44.6 Å². The Kier molecular flexibility index (Phi) is 4.33. The topological polar surface area (TPSA) is 113 Å². The number of amides is 1. The number of rotatable bonds is 7. The molecule has 0 spiro atoms. The molecule has 10 heteroatoms. The third-order valence-electron chi connectivity index (χ3n) is 7.44. The summed E-state index contributed by atoms with van der Waals surface area (Å²) in [5.41, 5.74) is 1.05. The molecule has 168 valence electrons. The predicted octanol–water partition coefficient (Wildman–Crippen LogP) is 1.97. The van der Waals surface area contributed by atoms with Crippen molar-refractivity contribution < 1.29 is 13.2 Å². The SMILES string of the molecule is N#CC1(CS(=O)(=O)N2C3CCC2CN(c2cc(N(C=O)C4CC4)nc4[nH]ccc24)C3)CC1. The number of carbonyl (C=O) groups is 1. The summed E-state index contributed by atoms with van der Waals surface area (Å²) < 4.78 is 28.2. The molecule has 2 aliphatic heterocycles. The third kappa shape index (κ3) is 3.18. The highest BCUT2D eigenvalue weighted by Gasteiger charge is 2.53. The van der Waals surface area contributed by atoms with Crippen LogP contribution in [0.2, 0.25) is 0 Å². The van der Waals surface area contributed by atoms with Gasteiger partial charge in [-0.2, -0.15) is 9.57 Å². The summed E-state index contributed by atoms with van der Waals surface area (Å²) >= 11 is 0. The minimum Gasteiger partial charge on any atom is -0.368 e. The van der Waals surface area contributed by atoms with Crippen molar-refractivity contribution in [1.29, 1.82) is 5.26 Å². The first-order valence-electron chi connectivity index (χ1n) is 11.3. The second-order valence-corrected chi connectivity index (χ2v) is 11.6. The van der Waals surface area contributed by atoms with Crippen LogP contribution in [0.4, 0.5) is 11.5 Å². The zero-order valence-corrected chi connectivity index (χ0v) is 18.6. The smallest absolute Gasteiger partial charge is 0.216 e. The van der Waals surface area contributed by atoms with Gasteiger partial charge in [0.1, 0.15) is 11.5 Å². The maximum atomic E-state index is 13.2. The highest BCUT2D eigenvalue weighted by atomic mass is 32.2. The van der Waals surface area contributed by atoms with Gasteiger partial charge in [0.05, 0.1) is 22.9 Å². The minimum atomic E-state index is -3.48. The zero-order chi connectivity index (χ0) is 22.1. The van der Waals surface area contributed by atoms with Crippen LogP contribution < -0.4 is 9.80 Å². The molecule has 2 bridgehead atoms. The molecule has 6 rings (SSSR count). The fraction of sp³-hybridized carbons (Fsp3) is 0.591. The van der Waals surface area contributed by atoms with Crippen molar-refractivity contribution in [3.8, 4) is 6.07 Å². The minimum absolute atomic E-state index is 0.0549. The summed E-state index contributed by atoms with van der Waals surface area (Å²) in [6.45, 7) is 1.20. The second kappa shape index (κ2) is 6.93. The van der Waals surface area contributed by atoms with E-state index in [-0.39, 0.29) is 23.9 Å². The largest absolute Gasteiger partial charge is 0.368 e. The number of sulfonamides is 1. The van der Waals surface area contributed by atoms with Crippen LogP contribution in [0.25, 0.3) is 11.0 Å². The summed E-state index contributed by atoms with van der Waals surface area (Å²) in [6, 6.07) is 6.21. The molecule has 1 N–H and O–H groups in total. The summed E-state index contributed by atoms with van der Waals surface area (Å²) in [5.74, 6) is 0.584. The van der Waals surface area contributed by atoms with Gasteiger partial charge in [-0.25, -0.2) is 13.4 Å². The lowest BCUT2D eigenvalue weighted by Crippen LogP contribution is -2.56. The standard InChI is InChI=1S/C22H26N6O3S/c23-12-22(6-7-22)13-32(30,31)28-16-3-4-17(28)11-26(10-16)19-9-20(27(14-29)15-1-2-15)25-21-18(19)5-8-24-21/h5,8-9,14-17H,1-4,6-7,10-11,13H2,(H,24,25). The van der Waals surface area contributed by atoms with E-state index in [2.05, 4.69) is 20.9 Å². The molecule has 9 nitrogen and oxygen atoms in total. The van der Waals surface area contributed by atoms with Crippen molar-refractivity contribution >= 4 is 39.0 Å². The zero-order valence-electron chi connectivity index (χ0n) is 17.8. The van der Waals surface area contributed by atoms with Crippen molar-refractivity contribution in [2.45, 2.75) is 56.7 Å². The monoisotopic (exact) mass is 454 g/mol. The molecule has 2 atom stereocenters. The van der Waals surface area contributed by atoms with Crippen LogP contribution in [-0.2, 0) is 14.8 Å². The fourth-order valence-corrected chi connectivity index (χ4v) is 7.91. The lowest BCUT2D eigenvalue weighted by molar-refractivity contribution is -0.107. The van der Waals surface area contributed by atoms with E-state index in [9.17, 15) is 18.5 Å². The summed E-state index contributed by atoms with van der Waals surface area (Å²) in [7, 11) is -3.48. The molecule has 0 aromatic carbocycles. The Bertz CT molecular complexity index is 1210. The number of aromatic nitrogens is 2. The van der Waals surface area contributed by atoms with Crippen molar-refractivity contribution in [3.63, 3.8) is 0 Å². The van der Waals surface area contributed by atoms with Gasteiger partial charge in [0.25, 0.3) is 0 Å². The van der Waals surface area contributed by atoms with Gasteiger partial charge in [-0.15, -0.1) is 0 Å². The molecule has 4 fully saturated rings. The molecule has 2 aliphatic carbocycles. The maximum absolute atomic E-state index is 13.2. The first-order chi connectivity index (χ1) is 15.4. The fourth-order valence-electron chi connectivity index (χ4n) is 5.46. The third-order valence-corrected chi connectivity index (χ3v) is 9.59. The van der Waals surface area contributed by atoms with Crippen LogP contribution in [0.5, 0.6) is 0 Å². The number of hydrogen-bond acceptors (Lipinski definition) is 6. The Morgan fingerprint density at radius 1 is 1.25 bits per heavy atom. The van der Waals surface area contributed by atoms with E-state index in [1.807, 2.05) is 18.3 Å². The van der Waals surface area contributed by atoms with E-state index >= 15 is 0 Å². The molecular formula is C22H26N6O3S.